The molecule has 0 bridgehead atoms. The van der Waals surface area contributed by atoms with Crippen LogP contribution in [0.2, 0.25) is 0 Å². The van der Waals surface area contributed by atoms with Gasteiger partial charge in [0.25, 0.3) is 0 Å². The molecule has 15 heavy (non-hydrogen) atoms. The molecule has 0 atom stereocenters. The summed E-state index contributed by atoms with van der Waals surface area (Å²) in [5.74, 6) is 0.679. The van der Waals surface area contributed by atoms with Crippen molar-refractivity contribution >= 4 is 17.5 Å². The van der Waals surface area contributed by atoms with Gasteiger partial charge < -0.3 is 10.1 Å². The van der Waals surface area contributed by atoms with Gasteiger partial charge in [-0.25, -0.2) is 0 Å². The van der Waals surface area contributed by atoms with Crippen molar-refractivity contribution in [2.45, 2.75) is 4.90 Å². The van der Waals surface area contributed by atoms with Crippen LogP contribution in [0.5, 0.6) is 5.75 Å². The van der Waals surface area contributed by atoms with E-state index in [0.717, 1.165) is 4.90 Å². The molecule has 0 aliphatic rings. The van der Waals surface area contributed by atoms with Crippen LogP contribution in [-0.2, 0) is 0 Å². The van der Waals surface area contributed by atoms with Gasteiger partial charge in [-0.1, -0.05) is 0 Å². The Morgan fingerprint density at radius 3 is 2.80 bits per heavy atom. The van der Waals surface area contributed by atoms with Crippen LogP contribution in [0.15, 0.2) is 23.1 Å². The number of benzene rings is 1. The normalized spacial score (nSPS) is 10.1. The zero-order chi connectivity index (χ0) is 11.3. The Hall–Kier alpha value is -1.00. The Balaban J connectivity index is 3.05. The number of carbonyl (C=O) groups excluding carboxylic acids is 1. The molecule has 3 nitrogen and oxygen atoms in total. The summed E-state index contributed by atoms with van der Waals surface area (Å²) in [6, 6.07) is 5.64. The lowest BCUT2D eigenvalue weighted by atomic mass is 10.1. The molecule has 0 fully saturated rings. The lowest BCUT2D eigenvalue weighted by molar-refractivity contribution is 0.0990. The number of ketones is 1. The summed E-state index contributed by atoms with van der Waals surface area (Å²) in [5.41, 5.74) is 0.638. The second-order valence-corrected chi connectivity index (χ2v) is 3.90. The number of thioether (sulfide) groups is 1. The summed E-state index contributed by atoms with van der Waals surface area (Å²) < 4.78 is 5.15. The van der Waals surface area contributed by atoms with Crippen molar-refractivity contribution in [1.29, 1.82) is 0 Å². The summed E-state index contributed by atoms with van der Waals surface area (Å²) in [6.45, 7) is 0.328. The summed E-state index contributed by atoms with van der Waals surface area (Å²) in [7, 11) is 3.33. The second-order valence-electron chi connectivity index (χ2n) is 3.02. The first kappa shape index (κ1) is 12.1. The minimum atomic E-state index is 0.0465. The van der Waals surface area contributed by atoms with Crippen molar-refractivity contribution < 1.29 is 9.53 Å². The Morgan fingerprint density at radius 2 is 2.27 bits per heavy atom. The fraction of sp³-hybridized carbons (Fsp3) is 0.364. The molecule has 1 N–H and O–H groups in total. The smallest absolute Gasteiger partial charge is 0.180 e. The van der Waals surface area contributed by atoms with Gasteiger partial charge in [0.1, 0.15) is 5.75 Å². The van der Waals surface area contributed by atoms with Crippen LogP contribution in [0.25, 0.3) is 0 Å². The van der Waals surface area contributed by atoms with Crippen LogP contribution >= 0.6 is 11.8 Å². The minimum absolute atomic E-state index is 0.0465. The third-order valence-corrected chi connectivity index (χ3v) is 2.77. The summed E-state index contributed by atoms with van der Waals surface area (Å²) in [6.07, 6.45) is 1.98. The van der Waals surface area contributed by atoms with Gasteiger partial charge in [0.05, 0.1) is 19.2 Å². The zero-order valence-corrected chi connectivity index (χ0v) is 9.98. The predicted molar refractivity (Wildman–Crippen MR) is 63.0 cm³/mol. The number of Topliss-reactive ketones (excluding diaryl/α,β-unsaturated/α-hetero) is 1. The quantitative estimate of drug-likeness (QED) is 0.613. The van der Waals surface area contributed by atoms with Gasteiger partial charge in [0.15, 0.2) is 5.78 Å². The summed E-state index contributed by atoms with van der Waals surface area (Å²) in [5, 5.41) is 2.84. The van der Waals surface area contributed by atoms with Gasteiger partial charge in [-0.05, 0) is 31.5 Å². The molecule has 0 heterocycles. The van der Waals surface area contributed by atoms with E-state index in [1.807, 2.05) is 24.5 Å². The molecule has 82 valence electrons. The number of hydrogen-bond acceptors (Lipinski definition) is 4. The van der Waals surface area contributed by atoms with Crippen molar-refractivity contribution in [1.82, 2.24) is 5.32 Å². The molecule has 0 saturated heterocycles. The van der Waals surface area contributed by atoms with Crippen LogP contribution in [0.3, 0.4) is 0 Å². The molecule has 0 aliphatic heterocycles. The molecular weight excluding hydrogens is 210 g/mol. The van der Waals surface area contributed by atoms with Crippen LogP contribution in [0.1, 0.15) is 10.4 Å². The molecule has 1 rings (SSSR count). The molecule has 0 radical (unpaired) electrons. The second kappa shape index (κ2) is 5.78. The molecular formula is C11H15NO2S. The fourth-order valence-corrected chi connectivity index (χ4v) is 1.73. The molecule has 0 aliphatic carbocycles. The Kier molecular flexibility index (Phi) is 4.65. The highest BCUT2D eigenvalue weighted by molar-refractivity contribution is 7.98. The monoisotopic (exact) mass is 225 g/mol. The van der Waals surface area contributed by atoms with E-state index in [2.05, 4.69) is 5.32 Å². The lowest BCUT2D eigenvalue weighted by Crippen LogP contribution is -2.19. The van der Waals surface area contributed by atoms with Crippen molar-refractivity contribution in [3.63, 3.8) is 0 Å². The Morgan fingerprint density at radius 1 is 1.53 bits per heavy atom. The molecule has 1 aromatic carbocycles. The van der Waals surface area contributed by atoms with Crippen LogP contribution in [0, 0.1) is 0 Å². The average Bonchev–Trinajstić information content (AvgIpc) is 2.28. The fourth-order valence-electron chi connectivity index (χ4n) is 1.29. The highest BCUT2D eigenvalue weighted by atomic mass is 32.2. The number of rotatable bonds is 5. The highest BCUT2D eigenvalue weighted by Crippen LogP contribution is 2.24. The maximum atomic E-state index is 11.7. The lowest BCUT2D eigenvalue weighted by Gasteiger charge is -2.08. The van der Waals surface area contributed by atoms with Crippen molar-refractivity contribution in [3.05, 3.63) is 23.8 Å². The molecule has 0 unspecified atom stereocenters. The van der Waals surface area contributed by atoms with Gasteiger partial charge in [-0.15, -0.1) is 11.8 Å². The van der Waals surface area contributed by atoms with Crippen molar-refractivity contribution in [2.24, 2.45) is 0 Å². The SMILES string of the molecule is CNCC(=O)c1cc(SC)ccc1OC. The number of nitrogens with one attached hydrogen (secondary N) is 1. The number of carbonyl (C=O) groups is 1. The topological polar surface area (TPSA) is 38.3 Å². The molecule has 1 aromatic rings. The Bertz CT molecular complexity index is 352. The van der Waals surface area contributed by atoms with Gasteiger partial charge >= 0.3 is 0 Å². The highest BCUT2D eigenvalue weighted by Gasteiger charge is 2.11. The van der Waals surface area contributed by atoms with Crippen LogP contribution in [0.4, 0.5) is 0 Å². The van der Waals surface area contributed by atoms with Gasteiger partial charge in [-0.3, -0.25) is 4.79 Å². The number of methoxy groups -OCH3 is 1. The van der Waals surface area contributed by atoms with Crippen molar-refractivity contribution in [2.75, 3.05) is 27.0 Å². The molecule has 0 spiro atoms. The number of hydrogen-bond donors (Lipinski definition) is 1. The average molecular weight is 225 g/mol. The van der Waals surface area contributed by atoms with E-state index in [1.54, 1.807) is 25.9 Å². The van der Waals surface area contributed by atoms with Crippen LogP contribution in [-0.4, -0.2) is 32.7 Å². The van der Waals surface area contributed by atoms with E-state index in [9.17, 15) is 4.79 Å². The van der Waals surface area contributed by atoms with E-state index in [1.165, 1.54) is 0 Å². The number of likely N-dealkylation sites (N-methyl/N-ethyl adjacent to an activating group) is 1. The predicted octanol–water partition coefficient (Wildman–Crippen LogP) is 1.82. The third-order valence-electron chi connectivity index (χ3n) is 2.04. The van der Waals surface area contributed by atoms with E-state index >= 15 is 0 Å². The molecule has 0 aromatic heterocycles. The van der Waals surface area contributed by atoms with E-state index < -0.39 is 0 Å². The van der Waals surface area contributed by atoms with Gasteiger partial charge in [0.2, 0.25) is 0 Å². The maximum Gasteiger partial charge on any atom is 0.180 e. The molecule has 4 heteroatoms. The number of ether oxygens (including phenoxy) is 1. The van der Waals surface area contributed by atoms with Gasteiger partial charge in [-0.2, -0.15) is 0 Å². The van der Waals surface area contributed by atoms with Gasteiger partial charge in [0, 0.05) is 4.90 Å². The first-order valence-electron chi connectivity index (χ1n) is 4.62. The van der Waals surface area contributed by atoms with E-state index in [0.29, 0.717) is 17.9 Å². The summed E-state index contributed by atoms with van der Waals surface area (Å²) in [4.78, 5) is 12.8. The molecule has 0 saturated carbocycles. The van der Waals surface area contributed by atoms with E-state index in [4.69, 9.17) is 4.74 Å². The minimum Gasteiger partial charge on any atom is -0.496 e. The first-order chi connectivity index (χ1) is 7.22. The maximum absolute atomic E-state index is 11.7. The zero-order valence-electron chi connectivity index (χ0n) is 9.16. The Labute approximate surface area is 94.2 Å². The van der Waals surface area contributed by atoms with E-state index in [-0.39, 0.29) is 5.78 Å². The third kappa shape index (κ3) is 2.97. The first-order valence-corrected chi connectivity index (χ1v) is 5.85. The molecule has 0 amide bonds. The van der Waals surface area contributed by atoms with Crippen molar-refractivity contribution in [3.8, 4) is 5.75 Å². The summed E-state index contributed by atoms with van der Waals surface area (Å²) >= 11 is 1.61. The van der Waals surface area contributed by atoms with Crippen LogP contribution < -0.4 is 10.1 Å². The largest absolute Gasteiger partial charge is 0.496 e. The standard InChI is InChI=1S/C11H15NO2S/c1-12-7-10(13)9-6-8(15-3)4-5-11(9)14-2/h4-6,12H,7H2,1-3H3.